The average Bonchev–Trinajstić information content (AvgIpc) is 3.12. The molecule has 2 fully saturated rings. The molecule has 0 aromatic rings. The van der Waals surface area contributed by atoms with Gasteiger partial charge in [0.25, 0.3) is 0 Å². The van der Waals surface area contributed by atoms with E-state index >= 15 is 0 Å². The molecule has 2 aliphatic carbocycles. The normalized spacial score (nSPS) is 29.5. The minimum absolute atomic E-state index is 0.232. The highest BCUT2D eigenvalue weighted by molar-refractivity contribution is 5.69. The van der Waals surface area contributed by atoms with Gasteiger partial charge in [-0.05, 0) is 50.5 Å². The molecule has 0 aliphatic heterocycles. The summed E-state index contributed by atoms with van der Waals surface area (Å²) in [6, 6.07) is 0.533. The highest BCUT2D eigenvalue weighted by Gasteiger charge is 2.36. The molecule has 0 radical (unpaired) electrons. The van der Waals surface area contributed by atoms with Gasteiger partial charge in [-0.25, -0.2) is 0 Å². The Kier molecular flexibility index (Phi) is 4.43. The maximum atomic E-state index is 10.9. The SMILES string of the molecule is CCCN(CC(=O)O)C1CCCC(C2CC2)C1. The van der Waals surface area contributed by atoms with E-state index in [0.29, 0.717) is 6.04 Å². The second-order valence-corrected chi connectivity index (χ2v) is 5.78. The maximum absolute atomic E-state index is 10.9. The van der Waals surface area contributed by atoms with Crippen LogP contribution in [0.5, 0.6) is 0 Å². The van der Waals surface area contributed by atoms with Crippen molar-refractivity contribution in [1.29, 1.82) is 0 Å². The van der Waals surface area contributed by atoms with Gasteiger partial charge < -0.3 is 5.11 Å². The minimum Gasteiger partial charge on any atom is -0.480 e. The Balaban J connectivity index is 1.89. The van der Waals surface area contributed by atoms with Crippen molar-refractivity contribution >= 4 is 5.97 Å². The summed E-state index contributed by atoms with van der Waals surface area (Å²) in [5, 5.41) is 8.99. The highest BCUT2D eigenvalue weighted by atomic mass is 16.4. The Hall–Kier alpha value is -0.570. The second-order valence-electron chi connectivity index (χ2n) is 5.78. The van der Waals surface area contributed by atoms with E-state index < -0.39 is 5.97 Å². The van der Waals surface area contributed by atoms with E-state index in [-0.39, 0.29) is 6.54 Å². The number of carbonyl (C=O) groups is 1. The molecule has 17 heavy (non-hydrogen) atoms. The fraction of sp³-hybridized carbons (Fsp3) is 0.929. The third-order valence-corrected chi connectivity index (χ3v) is 4.34. The van der Waals surface area contributed by atoms with Gasteiger partial charge in [-0.15, -0.1) is 0 Å². The van der Waals surface area contributed by atoms with Crippen LogP contribution >= 0.6 is 0 Å². The quantitative estimate of drug-likeness (QED) is 0.775. The standard InChI is InChI=1S/C14H25NO2/c1-2-8-15(10-14(16)17)13-5-3-4-12(9-13)11-6-7-11/h11-13H,2-10H2,1H3,(H,16,17). The lowest BCUT2D eigenvalue weighted by Gasteiger charge is -2.36. The van der Waals surface area contributed by atoms with Crippen LogP contribution in [0.2, 0.25) is 0 Å². The number of aliphatic carboxylic acids is 1. The fourth-order valence-corrected chi connectivity index (χ4v) is 3.38. The Bertz CT molecular complexity index is 263. The Morgan fingerprint density at radius 2 is 2.00 bits per heavy atom. The van der Waals surface area contributed by atoms with Crippen LogP contribution in [0.4, 0.5) is 0 Å². The van der Waals surface area contributed by atoms with Gasteiger partial charge >= 0.3 is 5.97 Å². The van der Waals surface area contributed by atoms with E-state index in [0.717, 1.165) is 24.8 Å². The summed E-state index contributed by atoms with van der Waals surface area (Å²) < 4.78 is 0. The zero-order chi connectivity index (χ0) is 12.3. The van der Waals surface area contributed by atoms with Gasteiger partial charge in [0, 0.05) is 6.04 Å². The van der Waals surface area contributed by atoms with Crippen molar-refractivity contribution in [2.24, 2.45) is 11.8 Å². The van der Waals surface area contributed by atoms with Gasteiger partial charge in [-0.1, -0.05) is 19.8 Å². The summed E-state index contributed by atoms with van der Waals surface area (Å²) in [6.07, 6.45) is 9.03. The molecule has 2 atom stereocenters. The number of hydrogen-bond acceptors (Lipinski definition) is 2. The lowest BCUT2D eigenvalue weighted by atomic mass is 9.82. The number of rotatable bonds is 6. The zero-order valence-corrected chi connectivity index (χ0v) is 10.9. The van der Waals surface area contributed by atoms with E-state index in [1.165, 1.54) is 38.5 Å². The van der Waals surface area contributed by atoms with Crippen LogP contribution in [-0.4, -0.2) is 35.1 Å². The first-order valence-electron chi connectivity index (χ1n) is 7.16. The minimum atomic E-state index is -0.674. The molecule has 3 heteroatoms. The van der Waals surface area contributed by atoms with Crippen molar-refractivity contribution in [2.75, 3.05) is 13.1 Å². The Morgan fingerprint density at radius 3 is 2.59 bits per heavy atom. The molecule has 0 amide bonds. The molecule has 2 saturated carbocycles. The molecule has 1 N–H and O–H groups in total. The Morgan fingerprint density at radius 1 is 1.24 bits per heavy atom. The third kappa shape index (κ3) is 3.70. The number of carboxylic acids is 1. The summed E-state index contributed by atoms with van der Waals surface area (Å²) >= 11 is 0. The molecule has 0 heterocycles. The third-order valence-electron chi connectivity index (χ3n) is 4.34. The molecular weight excluding hydrogens is 214 g/mol. The van der Waals surface area contributed by atoms with Crippen LogP contribution in [0.1, 0.15) is 51.9 Å². The van der Waals surface area contributed by atoms with Crippen LogP contribution in [0.3, 0.4) is 0 Å². The van der Waals surface area contributed by atoms with E-state index in [1.807, 2.05) is 0 Å². The molecule has 2 unspecified atom stereocenters. The van der Waals surface area contributed by atoms with Gasteiger partial charge in [-0.2, -0.15) is 0 Å². The summed E-state index contributed by atoms with van der Waals surface area (Å²) in [5.74, 6) is 1.19. The highest BCUT2D eigenvalue weighted by Crippen LogP contribution is 2.44. The van der Waals surface area contributed by atoms with Crippen LogP contribution in [0.15, 0.2) is 0 Å². The predicted octanol–water partition coefficient (Wildman–Crippen LogP) is 2.75. The van der Waals surface area contributed by atoms with E-state index in [4.69, 9.17) is 5.11 Å². The topological polar surface area (TPSA) is 40.5 Å². The van der Waals surface area contributed by atoms with Crippen molar-refractivity contribution in [1.82, 2.24) is 4.90 Å². The molecule has 2 rings (SSSR count). The number of carboxylic acid groups (broad SMARTS) is 1. The monoisotopic (exact) mass is 239 g/mol. The summed E-state index contributed by atoms with van der Waals surface area (Å²) in [7, 11) is 0. The molecule has 2 aliphatic rings. The number of nitrogens with zero attached hydrogens (tertiary/aromatic N) is 1. The number of hydrogen-bond donors (Lipinski definition) is 1. The molecule has 0 bridgehead atoms. The van der Waals surface area contributed by atoms with Gasteiger partial charge in [0.05, 0.1) is 6.54 Å². The first-order chi connectivity index (χ1) is 8.20. The summed E-state index contributed by atoms with van der Waals surface area (Å²) in [4.78, 5) is 13.1. The fourth-order valence-electron chi connectivity index (χ4n) is 3.38. The van der Waals surface area contributed by atoms with Gasteiger partial charge in [0.15, 0.2) is 0 Å². The smallest absolute Gasteiger partial charge is 0.317 e. The molecule has 98 valence electrons. The first kappa shape index (κ1) is 12.9. The average molecular weight is 239 g/mol. The largest absolute Gasteiger partial charge is 0.480 e. The van der Waals surface area contributed by atoms with Crippen LogP contribution < -0.4 is 0 Å². The van der Waals surface area contributed by atoms with E-state index in [9.17, 15) is 4.79 Å². The molecule has 0 saturated heterocycles. The molecule has 0 aromatic heterocycles. The van der Waals surface area contributed by atoms with Crippen LogP contribution in [-0.2, 0) is 4.79 Å². The zero-order valence-electron chi connectivity index (χ0n) is 10.9. The van der Waals surface area contributed by atoms with E-state index in [1.54, 1.807) is 0 Å². The van der Waals surface area contributed by atoms with Crippen molar-refractivity contribution in [3.8, 4) is 0 Å². The van der Waals surface area contributed by atoms with Crippen molar-refractivity contribution in [3.63, 3.8) is 0 Å². The maximum Gasteiger partial charge on any atom is 0.317 e. The van der Waals surface area contributed by atoms with Gasteiger partial charge in [-0.3, -0.25) is 9.69 Å². The van der Waals surface area contributed by atoms with Crippen molar-refractivity contribution in [2.45, 2.75) is 57.9 Å². The van der Waals surface area contributed by atoms with E-state index in [2.05, 4.69) is 11.8 Å². The second kappa shape index (κ2) is 5.85. The Labute approximate surface area is 104 Å². The van der Waals surface area contributed by atoms with Gasteiger partial charge in [0.2, 0.25) is 0 Å². The summed E-state index contributed by atoms with van der Waals surface area (Å²) in [5.41, 5.74) is 0. The van der Waals surface area contributed by atoms with Crippen molar-refractivity contribution < 1.29 is 9.90 Å². The van der Waals surface area contributed by atoms with Gasteiger partial charge in [0.1, 0.15) is 0 Å². The molecule has 0 spiro atoms. The summed E-state index contributed by atoms with van der Waals surface area (Å²) in [6.45, 7) is 3.31. The molecule has 0 aromatic carbocycles. The van der Waals surface area contributed by atoms with Crippen LogP contribution in [0.25, 0.3) is 0 Å². The molecular formula is C14H25NO2. The lowest BCUT2D eigenvalue weighted by Crippen LogP contribution is -2.42. The molecule has 3 nitrogen and oxygen atoms in total. The first-order valence-corrected chi connectivity index (χ1v) is 7.16. The van der Waals surface area contributed by atoms with Crippen molar-refractivity contribution in [3.05, 3.63) is 0 Å². The predicted molar refractivity (Wildman–Crippen MR) is 68.0 cm³/mol. The lowest BCUT2D eigenvalue weighted by molar-refractivity contribution is -0.139. The van der Waals surface area contributed by atoms with Crippen LogP contribution in [0, 0.1) is 11.8 Å².